The highest BCUT2D eigenvalue weighted by molar-refractivity contribution is 9.10. The molecule has 1 aliphatic carbocycles. The van der Waals surface area contributed by atoms with E-state index in [1.54, 1.807) is 14.2 Å². The van der Waals surface area contributed by atoms with Gasteiger partial charge in [0.2, 0.25) is 0 Å². The van der Waals surface area contributed by atoms with Gasteiger partial charge in [-0.15, -0.1) is 0 Å². The zero-order valence-electron chi connectivity index (χ0n) is 12.2. The molecule has 21 heavy (non-hydrogen) atoms. The smallest absolute Gasteiger partial charge is 0.144 e. The number of ether oxygens (including phenoxy) is 2. The molecule has 0 amide bonds. The van der Waals surface area contributed by atoms with Crippen LogP contribution >= 0.6 is 15.9 Å². The van der Waals surface area contributed by atoms with Crippen LogP contribution in [0.4, 0.5) is 0 Å². The standard InChI is InChI=1S/C17H18BrNO2/c1-20-15-8-6-13(17(21-2)16(15)18)11-3-5-12-10(9-11)4-7-14(12)19/h3,5-6,8-9,14H,4,7,19H2,1-2H3. The van der Waals surface area contributed by atoms with Gasteiger partial charge >= 0.3 is 0 Å². The zero-order chi connectivity index (χ0) is 15.0. The Morgan fingerprint density at radius 3 is 2.67 bits per heavy atom. The second-order valence-electron chi connectivity index (χ2n) is 5.22. The molecular weight excluding hydrogens is 330 g/mol. The molecule has 0 heterocycles. The highest BCUT2D eigenvalue weighted by Crippen LogP contribution is 2.43. The van der Waals surface area contributed by atoms with E-state index in [0.717, 1.165) is 39.9 Å². The minimum atomic E-state index is 0.179. The van der Waals surface area contributed by atoms with E-state index in [4.69, 9.17) is 15.2 Å². The minimum absolute atomic E-state index is 0.179. The molecule has 0 aliphatic heterocycles. The topological polar surface area (TPSA) is 44.5 Å². The third-order valence-corrected chi connectivity index (χ3v) is 4.81. The highest BCUT2D eigenvalue weighted by atomic mass is 79.9. The fraction of sp³-hybridized carbons (Fsp3) is 0.294. The summed E-state index contributed by atoms with van der Waals surface area (Å²) in [6.07, 6.45) is 2.08. The van der Waals surface area contributed by atoms with Crippen LogP contribution in [0.5, 0.6) is 11.5 Å². The van der Waals surface area contributed by atoms with Gasteiger partial charge in [-0.05, 0) is 57.6 Å². The zero-order valence-corrected chi connectivity index (χ0v) is 13.7. The Morgan fingerprint density at radius 1 is 1.14 bits per heavy atom. The summed E-state index contributed by atoms with van der Waals surface area (Å²) in [6, 6.07) is 10.6. The molecule has 0 radical (unpaired) electrons. The van der Waals surface area contributed by atoms with E-state index in [9.17, 15) is 0 Å². The number of hydrogen-bond acceptors (Lipinski definition) is 3. The van der Waals surface area contributed by atoms with E-state index in [0.29, 0.717) is 0 Å². The molecule has 0 fully saturated rings. The predicted octanol–water partition coefficient (Wildman–Crippen LogP) is 4.08. The van der Waals surface area contributed by atoms with Gasteiger partial charge in [0.25, 0.3) is 0 Å². The first-order valence-corrected chi connectivity index (χ1v) is 7.74. The van der Waals surface area contributed by atoms with Crippen LogP contribution in [0.15, 0.2) is 34.8 Å². The Bertz CT molecular complexity index is 685. The molecule has 1 aliphatic rings. The van der Waals surface area contributed by atoms with Crippen molar-refractivity contribution in [3.05, 3.63) is 45.9 Å². The van der Waals surface area contributed by atoms with Gasteiger partial charge in [0.15, 0.2) is 0 Å². The lowest BCUT2D eigenvalue weighted by Gasteiger charge is -2.14. The van der Waals surface area contributed by atoms with Gasteiger partial charge in [-0.1, -0.05) is 18.2 Å². The lowest BCUT2D eigenvalue weighted by molar-refractivity contribution is 0.390. The molecule has 0 saturated carbocycles. The molecule has 110 valence electrons. The lowest BCUT2D eigenvalue weighted by atomic mass is 9.99. The summed E-state index contributed by atoms with van der Waals surface area (Å²) in [6.45, 7) is 0. The first kappa shape index (κ1) is 14.4. The fourth-order valence-electron chi connectivity index (χ4n) is 2.94. The summed E-state index contributed by atoms with van der Waals surface area (Å²) in [7, 11) is 3.32. The molecule has 3 nitrogen and oxygen atoms in total. The number of nitrogens with two attached hydrogens (primary N) is 1. The molecule has 3 rings (SSSR count). The second kappa shape index (κ2) is 5.70. The van der Waals surface area contributed by atoms with E-state index < -0.39 is 0 Å². The summed E-state index contributed by atoms with van der Waals surface area (Å²) in [4.78, 5) is 0. The van der Waals surface area contributed by atoms with Crippen molar-refractivity contribution in [3.8, 4) is 22.6 Å². The summed E-state index contributed by atoms with van der Waals surface area (Å²) in [5, 5.41) is 0. The van der Waals surface area contributed by atoms with Crippen molar-refractivity contribution in [2.75, 3.05) is 14.2 Å². The minimum Gasteiger partial charge on any atom is -0.495 e. The third kappa shape index (κ3) is 2.43. The van der Waals surface area contributed by atoms with Gasteiger partial charge in [0, 0.05) is 11.6 Å². The van der Waals surface area contributed by atoms with Crippen molar-refractivity contribution < 1.29 is 9.47 Å². The van der Waals surface area contributed by atoms with Crippen LogP contribution in [0.2, 0.25) is 0 Å². The number of rotatable bonds is 3. The van der Waals surface area contributed by atoms with Gasteiger partial charge in [0.1, 0.15) is 16.0 Å². The van der Waals surface area contributed by atoms with E-state index in [1.807, 2.05) is 12.1 Å². The highest BCUT2D eigenvalue weighted by Gasteiger charge is 2.20. The molecule has 1 atom stereocenters. The molecule has 2 aromatic carbocycles. The molecular formula is C17H18BrNO2. The maximum Gasteiger partial charge on any atom is 0.144 e. The molecule has 2 N–H and O–H groups in total. The molecule has 0 aromatic heterocycles. The van der Waals surface area contributed by atoms with Crippen molar-refractivity contribution >= 4 is 15.9 Å². The van der Waals surface area contributed by atoms with E-state index in [-0.39, 0.29) is 6.04 Å². The van der Waals surface area contributed by atoms with Crippen molar-refractivity contribution in [2.45, 2.75) is 18.9 Å². The Balaban J connectivity index is 2.11. The normalized spacial score (nSPS) is 16.7. The summed E-state index contributed by atoms with van der Waals surface area (Å²) < 4.78 is 11.7. The number of aryl methyl sites for hydroxylation is 1. The van der Waals surface area contributed by atoms with Crippen LogP contribution in [-0.4, -0.2) is 14.2 Å². The fourth-order valence-corrected chi connectivity index (χ4v) is 3.61. The molecule has 1 unspecified atom stereocenters. The van der Waals surface area contributed by atoms with Crippen molar-refractivity contribution in [2.24, 2.45) is 5.73 Å². The molecule has 0 saturated heterocycles. The number of halogens is 1. The van der Waals surface area contributed by atoms with Gasteiger partial charge in [-0.3, -0.25) is 0 Å². The van der Waals surface area contributed by atoms with Gasteiger partial charge in [-0.25, -0.2) is 0 Å². The molecule has 2 aromatic rings. The SMILES string of the molecule is COc1ccc(-c2ccc3c(c2)CCC3N)c(OC)c1Br. The van der Waals surface area contributed by atoms with Gasteiger partial charge in [0.05, 0.1) is 14.2 Å². The molecule has 4 heteroatoms. The quantitative estimate of drug-likeness (QED) is 0.909. The van der Waals surface area contributed by atoms with Crippen LogP contribution in [0.25, 0.3) is 11.1 Å². The largest absolute Gasteiger partial charge is 0.495 e. The Labute approximate surface area is 133 Å². The number of methoxy groups -OCH3 is 2. The van der Waals surface area contributed by atoms with Crippen LogP contribution < -0.4 is 15.2 Å². The van der Waals surface area contributed by atoms with E-state index in [2.05, 4.69) is 34.1 Å². The maximum absolute atomic E-state index is 6.10. The molecule has 0 spiro atoms. The summed E-state index contributed by atoms with van der Waals surface area (Å²) in [5.74, 6) is 1.55. The first-order valence-electron chi connectivity index (χ1n) is 6.95. The molecule has 0 bridgehead atoms. The summed E-state index contributed by atoms with van der Waals surface area (Å²) >= 11 is 3.55. The maximum atomic E-state index is 6.10. The van der Waals surface area contributed by atoms with Crippen molar-refractivity contribution in [1.29, 1.82) is 0 Å². The van der Waals surface area contributed by atoms with Gasteiger partial charge in [-0.2, -0.15) is 0 Å². The Hall–Kier alpha value is -1.52. The predicted molar refractivity (Wildman–Crippen MR) is 87.9 cm³/mol. The van der Waals surface area contributed by atoms with Crippen LogP contribution in [0.3, 0.4) is 0 Å². The van der Waals surface area contributed by atoms with Crippen LogP contribution in [-0.2, 0) is 6.42 Å². The Kier molecular flexibility index (Phi) is 3.91. The second-order valence-corrected chi connectivity index (χ2v) is 6.01. The van der Waals surface area contributed by atoms with E-state index >= 15 is 0 Å². The van der Waals surface area contributed by atoms with Gasteiger partial charge < -0.3 is 15.2 Å². The first-order chi connectivity index (χ1) is 10.2. The average molecular weight is 348 g/mol. The third-order valence-electron chi connectivity index (χ3n) is 4.06. The monoisotopic (exact) mass is 347 g/mol. The lowest BCUT2D eigenvalue weighted by Crippen LogP contribution is -2.04. The number of benzene rings is 2. The van der Waals surface area contributed by atoms with Crippen LogP contribution in [0, 0.1) is 0 Å². The van der Waals surface area contributed by atoms with Crippen molar-refractivity contribution in [1.82, 2.24) is 0 Å². The van der Waals surface area contributed by atoms with Crippen molar-refractivity contribution in [3.63, 3.8) is 0 Å². The van der Waals surface area contributed by atoms with E-state index in [1.165, 1.54) is 11.1 Å². The number of fused-ring (bicyclic) bond motifs is 1. The average Bonchev–Trinajstić information content (AvgIpc) is 2.87. The van der Waals surface area contributed by atoms with Crippen LogP contribution in [0.1, 0.15) is 23.6 Å². The number of hydrogen-bond donors (Lipinski definition) is 1. The summed E-state index contributed by atoms with van der Waals surface area (Å²) in [5.41, 5.74) is 10.9. The Morgan fingerprint density at radius 2 is 1.95 bits per heavy atom.